The minimum absolute atomic E-state index is 0.215. The normalized spacial score (nSPS) is 13.7. The van der Waals surface area contributed by atoms with Crippen LogP contribution in [0.5, 0.6) is 0 Å². The van der Waals surface area contributed by atoms with Crippen LogP contribution in [0.15, 0.2) is 24.4 Å². The Morgan fingerprint density at radius 2 is 2.11 bits per heavy atom. The molecule has 5 heteroatoms. The van der Waals surface area contributed by atoms with E-state index in [9.17, 15) is 8.42 Å². The Bertz CT molecular complexity index is 460. The van der Waals surface area contributed by atoms with Crippen LogP contribution in [-0.4, -0.2) is 37.1 Å². The van der Waals surface area contributed by atoms with Crippen molar-refractivity contribution in [3.63, 3.8) is 0 Å². The van der Waals surface area contributed by atoms with Crippen molar-refractivity contribution >= 4 is 10.0 Å². The highest BCUT2D eigenvalue weighted by atomic mass is 32.2. The maximum atomic E-state index is 12.1. The highest BCUT2D eigenvalue weighted by Gasteiger charge is 2.20. The van der Waals surface area contributed by atoms with Crippen molar-refractivity contribution in [1.82, 2.24) is 9.29 Å². The Hall–Kier alpha value is -0.940. The Kier molecular flexibility index (Phi) is 6.45. The van der Waals surface area contributed by atoms with Gasteiger partial charge in [0.25, 0.3) is 0 Å². The molecule has 0 aliphatic heterocycles. The molecule has 0 fully saturated rings. The molecule has 1 heterocycles. The standard InChI is InChI=1S/C14H24N2O2S/c1-4-7-13(2)12-19(17,18)16(3)11-9-14-8-5-6-10-15-14/h5-6,8,10,13H,4,7,9,11-12H2,1-3H3. The highest BCUT2D eigenvalue weighted by molar-refractivity contribution is 7.89. The van der Waals surface area contributed by atoms with E-state index < -0.39 is 10.0 Å². The van der Waals surface area contributed by atoms with Crippen LogP contribution < -0.4 is 0 Å². The summed E-state index contributed by atoms with van der Waals surface area (Å²) in [6, 6.07) is 5.69. The summed E-state index contributed by atoms with van der Waals surface area (Å²) < 4.78 is 25.7. The minimum atomic E-state index is -3.15. The summed E-state index contributed by atoms with van der Waals surface area (Å²) >= 11 is 0. The monoisotopic (exact) mass is 284 g/mol. The average molecular weight is 284 g/mol. The maximum Gasteiger partial charge on any atom is 0.214 e. The van der Waals surface area contributed by atoms with Crippen molar-refractivity contribution in [1.29, 1.82) is 0 Å². The molecule has 0 saturated carbocycles. The van der Waals surface area contributed by atoms with E-state index in [1.807, 2.05) is 25.1 Å². The zero-order valence-electron chi connectivity index (χ0n) is 12.0. The van der Waals surface area contributed by atoms with Gasteiger partial charge in [-0.25, -0.2) is 12.7 Å². The molecule has 4 nitrogen and oxygen atoms in total. The number of aromatic nitrogens is 1. The molecule has 0 radical (unpaired) electrons. The molecule has 0 aromatic carbocycles. The predicted octanol–water partition coefficient (Wildman–Crippen LogP) is 2.32. The molecule has 1 unspecified atom stereocenters. The molecule has 0 aliphatic carbocycles. The Balaban J connectivity index is 2.50. The lowest BCUT2D eigenvalue weighted by Gasteiger charge is -2.19. The van der Waals surface area contributed by atoms with Gasteiger partial charge in [-0.15, -0.1) is 0 Å². The van der Waals surface area contributed by atoms with Crippen LogP contribution in [0.4, 0.5) is 0 Å². The van der Waals surface area contributed by atoms with E-state index in [2.05, 4.69) is 11.9 Å². The third-order valence-corrected chi connectivity index (χ3v) is 5.28. The minimum Gasteiger partial charge on any atom is -0.261 e. The van der Waals surface area contributed by atoms with Crippen molar-refractivity contribution in [2.45, 2.75) is 33.1 Å². The van der Waals surface area contributed by atoms with E-state index in [-0.39, 0.29) is 11.7 Å². The SMILES string of the molecule is CCCC(C)CS(=O)(=O)N(C)CCc1ccccn1. The molecule has 0 amide bonds. The van der Waals surface area contributed by atoms with Crippen molar-refractivity contribution in [2.75, 3.05) is 19.3 Å². The van der Waals surface area contributed by atoms with Crippen LogP contribution in [0.2, 0.25) is 0 Å². The van der Waals surface area contributed by atoms with Gasteiger partial charge < -0.3 is 0 Å². The fraction of sp³-hybridized carbons (Fsp3) is 0.643. The van der Waals surface area contributed by atoms with Crippen LogP contribution in [0.25, 0.3) is 0 Å². The average Bonchev–Trinajstić information content (AvgIpc) is 2.36. The van der Waals surface area contributed by atoms with Crippen LogP contribution >= 0.6 is 0 Å². The van der Waals surface area contributed by atoms with Gasteiger partial charge in [-0.2, -0.15) is 0 Å². The summed E-state index contributed by atoms with van der Waals surface area (Å²) in [7, 11) is -1.50. The van der Waals surface area contributed by atoms with Gasteiger partial charge in [0.15, 0.2) is 0 Å². The summed E-state index contributed by atoms with van der Waals surface area (Å²) in [5, 5.41) is 0. The molecule has 0 bridgehead atoms. The van der Waals surface area contributed by atoms with Crippen LogP contribution in [0.1, 0.15) is 32.4 Å². The van der Waals surface area contributed by atoms with Gasteiger partial charge in [0.2, 0.25) is 10.0 Å². The first-order chi connectivity index (χ1) is 8.95. The molecule has 0 aliphatic rings. The summed E-state index contributed by atoms with van der Waals surface area (Å²) in [5.41, 5.74) is 0.922. The van der Waals surface area contributed by atoms with Crippen LogP contribution in [-0.2, 0) is 16.4 Å². The first-order valence-electron chi connectivity index (χ1n) is 6.79. The lowest BCUT2D eigenvalue weighted by Crippen LogP contribution is -2.33. The summed E-state index contributed by atoms with van der Waals surface area (Å²) in [4.78, 5) is 4.20. The highest BCUT2D eigenvalue weighted by Crippen LogP contribution is 2.11. The van der Waals surface area contributed by atoms with Gasteiger partial charge in [-0.05, 0) is 24.5 Å². The maximum absolute atomic E-state index is 12.1. The second-order valence-electron chi connectivity index (χ2n) is 5.07. The zero-order chi connectivity index (χ0) is 14.3. The largest absolute Gasteiger partial charge is 0.261 e. The third-order valence-electron chi connectivity index (χ3n) is 3.16. The number of rotatable bonds is 8. The topological polar surface area (TPSA) is 50.3 Å². The lowest BCUT2D eigenvalue weighted by molar-refractivity contribution is 0.456. The molecular formula is C14H24N2O2S. The molecule has 0 spiro atoms. The molecule has 0 saturated heterocycles. The fourth-order valence-corrected chi connectivity index (χ4v) is 3.53. The first kappa shape index (κ1) is 16.1. The molecule has 0 N–H and O–H groups in total. The van der Waals surface area contributed by atoms with E-state index in [1.54, 1.807) is 13.2 Å². The molecule has 1 aromatic heterocycles. The molecule has 1 aromatic rings. The Morgan fingerprint density at radius 1 is 1.37 bits per heavy atom. The van der Waals surface area contributed by atoms with E-state index in [1.165, 1.54) is 4.31 Å². The van der Waals surface area contributed by atoms with Crippen LogP contribution in [0, 0.1) is 5.92 Å². The number of pyridine rings is 1. The van der Waals surface area contributed by atoms with Gasteiger partial charge in [0.1, 0.15) is 0 Å². The fourth-order valence-electron chi connectivity index (χ4n) is 2.02. The second-order valence-corrected chi connectivity index (χ2v) is 7.19. The number of hydrogen-bond acceptors (Lipinski definition) is 3. The molecule has 1 atom stereocenters. The van der Waals surface area contributed by atoms with E-state index >= 15 is 0 Å². The number of sulfonamides is 1. The smallest absolute Gasteiger partial charge is 0.214 e. The lowest BCUT2D eigenvalue weighted by atomic mass is 10.1. The molecule has 19 heavy (non-hydrogen) atoms. The second kappa shape index (κ2) is 7.60. The molecule has 108 valence electrons. The Labute approximate surface area is 116 Å². The van der Waals surface area contributed by atoms with Gasteiger partial charge in [-0.1, -0.05) is 26.3 Å². The quantitative estimate of drug-likeness (QED) is 0.736. The van der Waals surface area contributed by atoms with Crippen molar-refractivity contribution < 1.29 is 8.42 Å². The number of likely N-dealkylation sites (N-methyl/N-ethyl adjacent to an activating group) is 1. The molecular weight excluding hydrogens is 260 g/mol. The van der Waals surface area contributed by atoms with E-state index in [0.29, 0.717) is 13.0 Å². The molecule has 1 rings (SSSR count). The zero-order valence-corrected chi connectivity index (χ0v) is 12.9. The number of hydrogen-bond donors (Lipinski definition) is 0. The van der Waals surface area contributed by atoms with Gasteiger partial charge in [0.05, 0.1) is 5.75 Å². The van der Waals surface area contributed by atoms with Crippen molar-refractivity contribution in [2.24, 2.45) is 5.92 Å². The Morgan fingerprint density at radius 3 is 2.68 bits per heavy atom. The number of nitrogens with zero attached hydrogens (tertiary/aromatic N) is 2. The van der Waals surface area contributed by atoms with Gasteiger partial charge >= 0.3 is 0 Å². The first-order valence-corrected chi connectivity index (χ1v) is 8.40. The van der Waals surface area contributed by atoms with Crippen molar-refractivity contribution in [3.8, 4) is 0 Å². The third kappa shape index (κ3) is 5.70. The summed E-state index contributed by atoms with van der Waals surface area (Å²) in [5.74, 6) is 0.451. The van der Waals surface area contributed by atoms with Gasteiger partial charge in [-0.3, -0.25) is 4.98 Å². The van der Waals surface area contributed by atoms with Crippen LogP contribution in [0.3, 0.4) is 0 Å². The van der Waals surface area contributed by atoms with Crippen molar-refractivity contribution in [3.05, 3.63) is 30.1 Å². The summed E-state index contributed by atoms with van der Waals surface area (Å²) in [6.45, 7) is 4.56. The van der Waals surface area contributed by atoms with E-state index in [0.717, 1.165) is 18.5 Å². The summed E-state index contributed by atoms with van der Waals surface area (Å²) in [6.07, 6.45) is 4.35. The predicted molar refractivity (Wildman–Crippen MR) is 78.4 cm³/mol. The van der Waals surface area contributed by atoms with Gasteiger partial charge in [0, 0.05) is 31.9 Å². The van der Waals surface area contributed by atoms with E-state index in [4.69, 9.17) is 0 Å².